The third kappa shape index (κ3) is 11.4. The molecule has 1 N–H and O–H groups in total. The number of carbonyl (C=O) groups is 2. The van der Waals surface area contributed by atoms with Crippen molar-refractivity contribution in [1.29, 1.82) is 0 Å². The molecule has 9 heteroatoms. The van der Waals surface area contributed by atoms with Crippen molar-refractivity contribution in [2.75, 3.05) is 13.4 Å². The van der Waals surface area contributed by atoms with Gasteiger partial charge in [-0.1, -0.05) is 0 Å². The van der Waals surface area contributed by atoms with Gasteiger partial charge < -0.3 is 19.5 Å². The summed E-state index contributed by atoms with van der Waals surface area (Å²) in [4.78, 5) is 24.0. The molecule has 0 aliphatic heterocycles. The summed E-state index contributed by atoms with van der Waals surface area (Å²) >= 11 is 0. The van der Waals surface area contributed by atoms with E-state index in [1.54, 1.807) is 41.5 Å². The van der Waals surface area contributed by atoms with Crippen LogP contribution >= 0.6 is 0 Å². The minimum Gasteiger partial charge on any atom is -0.487 e. The second-order valence-corrected chi connectivity index (χ2v) is 9.45. The first-order valence-electron chi connectivity index (χ1n) is 7.71. The smallest absolute Gasteiger partial charge is 0.408 e. The van der Waals surface area contributed by atoms with Crippen LogP contribution in [0.5, 0.6) is 0 Å². The Balaban J connectivity index is 5.41. The molecule has 0 aromatic heterocycles. The summed E-state index contributed by atoms with van der Waals surface area (Å²) < 4.78 is 38.5. The standard InChI is InChI=1S/C16H29NO7S/c1-15(2,3)23-12(18)9-11(10-13(22-7)25(8,20)21)17-14(19)24-16(4,5)6/h10-11H,9H2,1-8H3,(H,17,19)/b13-10+/t11-/m0/s1. The molecular formula is C16H29NO7S. The highest BCUT2D eigenvalue weighted by Crippen LogP contribution is 2.14. The molecular weight excluding hydrogens is 350 g/mol. The molecule has 0 bridgehead atoms. The summed E-state index contributed by atoms with van der Waals surface area (Å²) in [7, 11) is -2.47. The molecule has 146 valence electrons. The molecule has 0 aliphatic rings. The van der Waals surface area contributed by atoms with Gasteiger partial charge in [0.05, 0.1) is 19.6 Å². The Hall–Kier alpha value is -1.77. The summed E-state index contributed by atoms with van der Waals surface area (Å²) in [5.41, 5.74) is -1.45. The number of hydrogen-bond acceptors (Lipinski definition) is 7. The zero-order valence-corrected chi connectivity index (χ0v) is 16.9. The van der Waals surface area contributed by atoms with E-state index >= 15 is 0 Å². The van der Waals surface area contributed by atoms with Gasteiger partial charge in [-0.2, -0.15) is 0 Å². The molecule has 1 amide bonds. The SMILES string of the molecule is CO/C(=C\[C@H](CC(=O)OC(C)(C)C)NC(=O)OC(C)(C)C)S(C)(=O)=O. The number of carbonyl (C=O) groups excluding carboxylic acids is 2. The Kier molecular flexibility index (Phi) is 7.95. The lowest BCUT2D eigenvalue weighted by Gasteiger charge is -2.24. The Labute approximate surface area is 149 Å². The van der Waals surface area contributed by atoms with Gasteiger partial charge in [0.15, 0.2) is 0 Å². The maximum Gasteiger partial charge on any atom is 0.408 e. The van der Waals surface area contributed by atoms with E-state index in [2.05, 4.69) is 5.32 Å². The van der Waals surface area contributed by atoms with Crippen molar-refractivity contribution in [3.8, 4) is 0 Å². The fourth-order valence-electron chi connectivity index (χ4n) is 1.68. The van der Waals surface area contributed by atoms with Crippen LogP contribution in [-0.4, -0.2) is 51.1 Å². The van der Waals surface area contributed by atoms with Crippen molar-refractivity contribution in [2.24, 2.45) is 0 Å². The molecule has 1 atom stereocenters. The van der Waals surface area contributed by atoms with Crippen LogP contribution in [0, 0.1) is 0 Å². The van der Waals surface area contributed by atoms with E-state index in [0.29, 0.717) is 0 Å². The van der Waals surface area contributed by atoms with E-state index in [-0.39, 0.29) is 11.5 Å². The van der Waals surface area contributed by atoms with Crippen LogP contribution < -0.4 is 5.32 Å². The largest absolute Gasteiger partial charge is 0.487 e. The average molecular weight is 379 g/mol. The van der Waals surface area contributed by atoms with Gasteiger partial charge in [0.1, 0.15) is 11.2 Å². The second-order valence-electron chi connectivity index (χ2n) is 7.51. The lowest BCUT2D eigenvalue weighted by Crippen LogP contribution is -2.40. The van der Waals surface area contributed by atoms with E-state index in [9.17, 15) is 18.0 Å². The van der Waals surface area contributed by atoms with Crippen molar-refractivity contribution in [2.45, 2.75) is 65.2 Å². The number of methoxy groups -OCH3 is 1. The molecule has 0 unspecified atom stereocenters. The van der Waals surface area contributed by atoms with Gasteiger partial charge in [0.2, 0.25) is 14.9 Å². The number of nitrogens with one attached hydrogen (secondary N) is 1. The first-order valence-corrected chi connectivity index (χ1v) is 9.60. The third-order valence-electron chi connectivity index (χ3n) is 2.41. The predicted octanol–water partition coefficient (Wildman–Crippen LogP) is 2.14. The van der Waals surface area contributed by atoms with Crippen molar-refractivity contribution in [3.05, 3.63) is 11.2 Å². The molecule has 0 saturated carbocycles. The van der Waals surface area contributed by atoms with Gasteiger partial charge in [-0.3, -0.25) is 4.79 Å². The molecule has 0 aliphatic carbocycles. The molecule has 0 radical (unpaired) electrons. The van der Waals surface area contributed by atoms with Crippen molar-refractivity contribution in [3.63, 3.8) is 0 Å². The Bertz CT molecular complexity index is 579. The summed E-state index contributed by atoms with van der Waals surface area (Å²) in [5.74, 6) is -0.603. The van der Waals surface area contributed by atoms with E-state index < -0.39 is 39.1 Å². The number of sulfone groups is 1. The molecule has 0 heterocycles. The fraction of sp³-hybridized carbons (Fsp3) is 0.750. The zero-order chi connectivity index (χ0) is 20.1. The van der Waals surface area contributed by atoms with Gasteiger partial charge in [-0.25, -0.2) is 13.2 Å². The van der Waals surface area contributed by atoms with Gasteiger partial charge in [-0.15, -0.1) is 0 Å². The quantitative estimate of drug-likeness (QED) is 0.556. The van der Waals surface area contributed by atoms with Crippen LogP contribution in [0.25, 0.3) is 0 Å². The minimum atomic E-state index is -3.66. The monoisotopic (exact) mass is 379 g/mol. The van der Waals surface area contributed by atoms with E-state index in [0.717, 1.165) is 12.3 Å². The van der Waals surface area contributed by atoms with Crippen molar-refractivity contribution in [1.82, 2.24) is 5.32 Å². The van der Waals surface area contributed by atoms with Crippen molar-refractivity contribution < 1.29 is 32.2 Å². The summed E-state index contributed by atoms with van der Waals surface area (Å²) in [6, 6.07) is -0.977. The zero-order valence-electron chi connectivity index (χ0n) is 16.1. The van der Waals surface area contributed by atoms with E-state index in [1.165, 1.54) is 7.11 Å². The normalized spacial score (nSPS) is 14.5. The summed E-state index contributed by atoms with van der Waals surface area (Å²) in [6.07, 6.45) is 1.03. The molecule has 25 heavy (non-hydrogen) atoms. The Morgan fingerprint density at radius 1 is 1.04 bits per heavy atom. The molecule has 0 aromatic rings. The maximum atomic E-state index is 12.0. The molecule has 0 fully saturated rings. The predicted molar refractivity (Wildman–Crippen MR) is 93.6 cm³/mol. The summed E-state index contributed by atoms with van der Waals surface area (Å²) in [5, 5.41) is 2.08. The average Bonchev–Trinajstić information content (AvgIpc) is 2.28. The van der Waals surface area contributed by atoms with Gasteiger partial charge in [0, 0.05) is 6.26 Å². The van der Waals surface area contributed by atoms with Gasteiger partial charge >= 0.3 is 12.1 Å². The van der Waals surface area contributed by atoms with Crippen LogP contribution in [0.4, 0.5) is 4.79 Å². The van der Waals surface area contributed by atoms with Crippen LogP contribution in [-0.2, 0) is 28.8 Å². The number of ether oxygens (including phenoxy) is 3. The second kappa shape index (κ2) is 8.55. The van der Waals surface area contributed by atoms with Crippen LogP contribution in [0.2, 0.25) is 0 Å². The fourth-order valence-corrected chi connectivity index (χ4v) is 2.39. The van der Waals surface area contributed by atoms with E-state index in [4.69, 9.17) is 14.2 Å². The van der Waals surface area contributed by atoms with Gasteiger partial charge in [-0.05, 0) is 47.6 Å². The number of amides is 1. The highest BCUT2D eigenvalue weighted by atomic mass is 32.2. The molecule has 0 rings (SSSR count). The number of alkyl carbamates (subject to hydrolysis) is 1. The van der Waals surface area contributed by atoms with E-state index in [1.807, 2.05) is 0 Å². The van der Waals surface area contributed by atoms with Crippen LogP contribution in [0.1, 0.15) is 48.0 Å². The maximum absolute atomic E-state index is 12.0. The lowest BCUT2D eigenvalue weighted by molar-refractivity contribution is -0.155. The molecule has 0 spiro atoms. The topological polar surface area (TPSA) is 108 Å². The first kappa shape index (κ1) is 23.2. The van der Waals surface area contributed by atoms with Crippen molar-refractivity contribution >= 4 is 21.9 Å². The third-order valence-corrected chi connectivity index (χ3v) is 3.45. The summed E-state index contributed by atoms with van der Waals surface area (Å²) in [6.45, 7) is 10.2. The van der Waals surface area contributed by atoms with Crippen LogP contribution in [0.15, 0.2) is 11.2 Å². The Morgan fingerprint density at radius 3 is 1.88 bits per heavy atom. The first-order chi connectivity index (χ1) is 11.0. The van der Waals surface area contributed by atoms with Crippen LogP contribution in [0.3, 0.4) is 0 Å². The molecule has 0 aromatic carbocycles. The number of rotatable bonds is 6. The Morgan fingerprint density at radius 2 is 1.52 bits per heavy atom. The highest BCUT2D eigenvalue weighted by molar-refractivity contribution is 7.94. The molecule has 0 saturated heterocycles. The lowest BCUT2D eigenvalue weighted by atomic mass is 10.1. The number of esters is 1. The minimum absolute atomic E-state index is 0.279. The molecule has 8 nitrogen and oxygen atoms in total. The highest BCUT2D eigenvalue weighted by Gasteiger charge is 2.25. The number of hydrogen-bond donors (Lipinski definition) is 1. The van der Waals surface area contributed by atoms with Gasteiger partial charge in [0.25, 0.3) is 0 Å².